The number of furan rings is 1. The highest BCUT2D eigenvalue weighted by atomic mass is 35.5. The average molecular weight is 357 g/mol. The normalized spacial score (nSPS) is 20.2. The maximum absolute atomic E-state index is 11.5. The first kappa shape index (κ1) is 14.6. The van der Waals surface area contributed by atoms with Crippen molar-refractivity contribution in [3.63, 3.8) is 0 Å². The van der Waals surface area contributed by atoms with Crippen molar-refractivity contribution < 1.29 is 23.5 Å². The maximum Gasteiger partial charge on any atom is 0.422 e. The number of rotatable bonds is 1. The summed E-state index contributed by atoms with van der Waals surface area (Å²) < 4.78 is 15.9. The number of carbonyl (C=O) groups excluding carboxylic acids is 2. The van der Waals surface area contributed by atoms with Gasteiger partial charge in [-0.05, 0) is 12.1 Å². The molecular formula is C14H10Cl2N2O5. The van der Waals surface area contributed by atoms with Gasteiger partial charge in [0, 0.05) is 18.5 Å². The SMILES string of the molecule is O=C1OC2(CNCCN2c2c(Cl)cc(Cl)c3ccoc23)OC1=O. The van der Waals surface area contributed by atoms with Gasteiger partial charge in [0.05, 0.1) is 22.9 Å². The van der Waals surface area contributed by atoms with Crippen LogP contribution in [0, 0.1) is 0 Å². The lowest BCUT2D eigenvalue weighted by Crippen LogP contribution is -2.62. The highest BCUT2D eigenvalue weighted by Crippen LogP contribution is 2.43. The fraction of sp³-hybridized carbons (Fsp3) is 0.286. The van der Waals surface area contributed by atoms with Crippen molar-refractivity contribution in [3.8, 4) is 0 Å². The molecule has 2 aliphatic heterocycles. The van der Waals surface area contributed by atoms with E-state index in [4.69, 9.17) is 37.1 Å². The number of carbonyl (C=O) groups is 2. The third kappa shape index (κ3) is 2.08. The fourth-order valence-corrected chi connectivity index (χ4v) is 3.47. The van der Waals surface area contributed by atoms with Crippen LogP contribution in [-0.2, 0) is 19.1 Å². The summed E-state index contributed by atoms with van der Waals surface area (Å²) in [6, 6.07) is 3.28. The molecule has 2 aromatic rings. The van der Waals surface area contributed by atoms with E-state index in [1.807, 2.05) is 0 Å². The van der Waals surface area contributed by atoms with Gasteiger partial charge >= 0.3 is 17.8 Å². The van der Waals surface area contributed by atoms with E-state index in [2.05, 4.69) is 5.32 Å². The molecule has 2 saturated heterocycles. The largest absolute Gasteiger partial charge is 0.462 e. The number of esters is 2. The maximum atomic E-state index is 11.5. The second kappa shape index (κ2) is 5.02. The van der Waals surface area contributed by atoms with Gasteiger partial charge in [0.15, 0.2) is 5.58 Å². The van der Waals surface area contributed by atoms with Crippen LogP contribution in [0.2, 0.25) is 10.0 Å². The van der Waals surface area contributed by atoms with E-state index in [0.717, 1.165) is 0 Å². The minimum absolute atomic E-state index is 0.117. The van der Waals surface area contributed by atoms with Gasteiger partial charge < -0.3 is 19.2 Å². The molecule has 0 bridgehead atoms. The molecule has 9 heteroatoms. The summed E-state index contributed by atoms with van der Waals surface area (Å²) in [4.78, 5) is 24.7. The predicted octanol–water partition coefficient (Wildman–Crippen LogP) is 1.90. The van der Waals surface area contributed by atoms with E-state index in [0.29, 0.717) is 39.8 Å². The van der Waals surface area contributed by atoms with E-state index in [1.54, 1.807) is 17.0 Å². The summed E-state index contributed by atoms with van der Waals surface area (Å²) in [5.74, 6) is -3.66. The molecule has 0 atom stereocenters. The second-order valence-corrected chi connectivity index (χ2v) is 5.99. The van der Waals surface area contributed by atoms with E-state index in [1.165, 1.54) is 6.26 Å². The standard InChI is InChI=1S/C14H10Cl2N2O5/c15-8-5-9(16)10(11-7(8)1-4-21-11)18-3-2-17-6-14(18)22-12(19)13(20)23-14/h1,4-5,17H,2-3,6H2. The third-order valence-corrected chi connectivity index (χ3v) is 4.43. The molecule has 23 heavy (non-hydrogen) atoms. The molecule has 7 nitrogen and oxygen atoms in total. The van der Waals surface area contributed by atoms with E-state index >= 15 is 0 Å². The van der Waals surface area contributed by atoms with Crippen LogP contribution < -0.4 is 10.2 Å². The number of fused-ring (bicyclic) bond motifs is 1. The molecule has 0 radical (unpaired) electrons. The van der Waals surface area contributed by atoms with Crippen LogP contribution in [0.15, 0.2) is 22.8 Å². The molecule has 1 aromatic heterocycles. The lowest BCUT2D eigenvalue weighted by Gasteiger charge is -2.42. The molecule has 3 heterocycles. The summed E-state index contributed by atoms with van der Waals surface area (Å²) >= 11 is 12.5. The second-order valence-electron chi connectivity index (χ2n) is 5.17. The van der Waals surface area contributed by atoms with Crippen LogP contribution in [0.25, 0.3) is 11.0 Å². The minimum atomic E-state index is -1.58. The number of nitrogens with one attached hydrogen (secondary N) is 1. The predicted molar refractivity (Wildman–Crippen MR) is 81.4 cm³/mol. The van der Waals surface area contributed by atoms with Crippen molar-refractivity contribution in [1.29, 1.82) is 0 Å². The Morgan fingerprint density at radius 3 is 2.65 bits per heavy atom. The highest BCUT2D eigenvalue weighted by molar-refractivity contribution is 6.40. The van der Waals surface area contributed by atoms with E-state index < -0.39 is 17.8 Å². The van der Waals surface area contributed by atoms with Gasteiger partial charge in [-0.3, -0.25) is 4.90 Å². The smallest absolute Gasteiger partial charge is 0.422 e. The number of nitrogens with zero attached hydrogens (tertiary/aromatic N) is 1. The van der Waals surface area contributed by atoms with E-state index in [-0.39, 0.29) is 6.54 Å². The number of anilines is 1. The average Bonchev–Trinajstić information content (AvgIpc) is 3.08. The van der Waals surface area contributed by atoms with Gasteiger partial charge in [0.1, 0.15) is 5.69 Å². The Hall–Kier alpha value is -1.96. The van der Waals surface area contributed by atoms with Crippen LogP contribution in [0.3, 0.4) is 0 Å². The molecule has 1 spiro atoms. The number of hydrogen-bond acceptors (Lipinski definition) is 7. The lowest BCUT2D eigenvalue weighted by atomic mass is 10.1. The molecule has 0 saturated carbocycles. The Bertz CT molecular complexity index is 818. The Labute approximate surface area is 140 Å². The molecule has 0 aliphatic carbocycles. The topological polar surface area (TPSA) is 81.0 Å². The van der Waals surface area contributed by atoms with Gasteiger partial charge in [0.25, 0.3) is 0 Å². The van der Waals surface area contributed by atoms with Gasteiger partial charge in [0.2, 0.25) is 0 Å². The molecule has 4 rings (SSSR count). The first-order valence-electron chi connectivity index (χ1n) is 6.82. The van der Waals surface area contributed by atoms with Crippen LogP contribution in [-0.4, -0.2) is 37.5 Å². The van der Waals surface area contributed by atoms with Gasteiger partial charge in [-0.15, -0.1) is 0 Å². The van der Waals surface area contributed by atoms with Gasteiger partial charge in [-0.25, -0.2) is 9.59 Å². The fourth-order valence-electron chi connectivity index (χ4n) is 2.86. The van der Waals surface area contributed by atoms with Crippen molar-refractivity contribution in [3.05, 3.63) is 28.4 Å². The third-order valence-electron chi connectivity index (χ3n) is 3.83. The lowest BCUT2D eigenvalue weighted by molar-refractivity contribution is -0.180. The van der Waals surface area contributed by atoms with Crippen molar-refractivity contribution in [1.82, 2.24) is 5.32 Å². The number of hydrogen-bond donors (Lipinski definition) is 1. The molecular weight excluding hydrogens is 347 g/mol. The Balaban J connectivity index is 1.90. The zero-order valence-corrected chi connectivity index (χ0v) is 13.1. The number of piperazine rings is 1. The van der Waals surface area contributed by atoms with E-state index in [9.17, 15) is 9.59 Å². The zero-order chi connectivity index (χ0) is 16.2. The van der Waals surface area contributed by atoms with Gasteiger partial charge in [-0.1, -0.05) is 23.2 Å². The molecule has 1 N–H and O–H groups in total. The van der Waals surface area contributed by atoms with Crippen LogP contribution >= 0.6 is 23.2 Å². The first-order chi connectivity index (χ1) is 11.0. The Kier molecular flexibility index (Phi) is 3.19. The molecule has 2 fully saturated rings. The van der Waals surface area contributed by atoms with Crippen molar-refractivity contribution in [2.45, 2.75) is 5.91 Å². The summed E-state index contributed by atoms with van der Waals surface area (Å²) in [6.07, 6.45) is 1.48. The minimum Gasteiger partial charge on any atom is -0.462 e. The molecule has 1 aromatic carbocycles. The Morgan fingerprint density at radius 1 is 1.17 bits per heavy atom. The summed E-state index contributed by atoms with van der Waals surface area (Å²) in [7, 11) is 0. The monoisotopic (exact) mass is 356 g/mol. The molecule has 120 valence electrons. The van der Waals surface area contributed by atoms with Crippen molar-refractivity contribution in [2.75, 3.05) is 24.5 Å². The summed E-state index contributed by atoms with van der Waals surface area (Å²) in [6.45, 7) is 1.08. The summed E-state index contributed by atoms with van der Waals surface area (Å²) in [5, 5.41) is 4.44. The molecule has 2 aliphatic rings. The number of halogens is 2. The van der Waals surface area contributed by atoms with Gasteiger partial charge in [-0.2, -0.15) is 0 Å². The first-order valence-corrected chi connectivity index (χ1v) is 7.57. The van der Waals surface area contributed by atoms with Crippen LogP contribution in [0.1, 0.15) is 0 Å². The van der Waals surface area contributed by atoms with Crippen LogP contribution in [0.5, 0.6) is 0 Å². The highest BCUT2D eigenvalue weighted by Gasteiger charge is 2.55. The number of ether oxygens (including phenoxy) is 2. The summed E-state index contributed by atoms with van der Waals surface area (Å²) in [5.41, 5.74) is 0.892. The van der Waals surface area contributed by atoms with Crippen molar-refractivity contribution >= 4 is 51.8 Å². The Morgan fingerprint density at radius 2 is 1.91 bits per heavy atom. The molecule has 0 unspecified atom stereocenters. The number of benzene rings is 1. The van der Waals surface area contributed by atoms with Crippen molar-refractivity contribution in [2.24, 2.45) is 0 Å². The zero-order valence-electron chi connectivity index (χ0n) is 11.6. The van der Waals surface area contributed by atoms with Crippen LogP contribution in [0.4, 0.5) is 5.69 Å². The quantitative estimate of drug-likeness (QED) is 0.617. The molecule has 0 amide bonds.